The van der Waals surface area contributed by atoms with Crippen LogP contribution in [0.2, 0.25) is 0 Å². The summed E-state index contributed by atoms with van der Waals surface area (Å²) in [5, 5.41) is 4.62. The van der Waals surface area contributed by atoms with Crippen LogP contribution in [-0.2, 0) is 0 Å². The minimum atomic E-state index is -0.105. The van der Waals surface area contributed by atoms with Gasteiger partial charge in [0.2, 0.25) is 0 Å². The van der Waals surface area contributed by atoms with Crippen molar-refractivity contribution in [1.29, 1.82) is 0 Å². The Morgan fingerprint density at radius 1 is 1.60 bits per heavy atom. The van der Waals surface area contributed by atoms with E-state index in [-0.39, 0.29) is 11.4 Å². The van der Waals surface area contributed by atoms with Gasteiger partial charge in [0.15, 0.2) is 0 Å². The monoisotopic (exact) mass is 227 g/mol. The number of likely N-dealkylation sites (N-methyl/N-ethyl adjacent to an activating group) is 1. The zero-order chi connectivity index (χ0) is 11.5. The Kier molecular flexibility index (Phi) is 3.82. The van der Waals surface area contributed by atoms with Crippen molar-refractivity contribution in [1.82, 2.24) is 15.2 Å². The maximum atomic E-state index is 11.6. The number of hydrogen-bond acceptors (Lipinski definition) is 4. The van der Waals surface area contributed by atoms with Crippen LogP contribution in [0.15, 0.2) is 10.9 Å². The number of thiazole rings is 1. The second-order valence-electron chi connectivity index (χ2n) is 4.26. The highest BCUT2D eigenvalue weighted by Gasteiger charge is 2.21. The molecular weight excluding hydrogens is 210 g/mol. The van der Waals surface area contributed by atoms with Gasteiger partial charge in [-0.3, -0.25) is 4.79 Å². The molecule has 1 rings (SSSR count). The predicted molar refractivity (Wildman–Crippen MR) is 62.2 cm³/mol. The normalized spacial score (nSPS) is 11.8. The molecule has 5 heteroatoms. The molecule has 0 bridgehead atoms. The van der Waals surface area contributed by atoms with Crippen LogP contribution in [-0.4, -0.2) is 42.0 Å². The molecule has 15 heavy (non-hydrogen) atoms. The van der Waals surface area contributed by atoms with Gasteiger partial charge in [-0.25, -0.2) is 4.98 Å². The molecule has 0 aliphatic heterocycles. The molecule has 0 saturated carbocycles. The summed E-state index contributed by atoms with van der Waals surface area (Å²) in [4.78, 5) is 17.6. The molecular formula is C10H17N3OS. The van der Waals surface area contributed by atoms with E-state index in [1.165, 1.54) is 11.3 Å². The topological polar surface area (TPSA) is 45.2 Å². The average Bonchev–Trinajstić information content (AvgIpc) is 2.66. The first-order chi connectivity index (χ1) is 6.93. The van der Waals surface area contributed by atoms with E-state index in [0.717, 1.165) is 0 Å². The molecule has 0 unspecified atom stereocenters. The number of carbonyl (C=O) groups is 1. The lowest BCUT2D eigenvalue weighted by molar-refractivity contribution is 0.0915. The number of hydrogen-bond donors (Lipinski definition) is 1. The lowest BCUT2D eigenvalue weighted by Gasteiger charge is -2.32. The summed E-state index contributed by atoms with van der Waals surface area (Å²) in [5.74, 6) is -0.105. The van der Waals surface area contributed by atoms with Crippen molar-refractivity contribution in [3.05, 3.63) is 16.6 Å². The number of amides is 1. The van der Waals surface area contributed by atoms with Crippen molar-refractivity contribution < 1.29 is 4.79 Å². The van der Waals surface area contributed by atoms with E-state index in [0.29, 0.717) is 12.2 Å². The van der Waals surface area contributed by atoms with Gasteiger partial charge < -0.3 is 10.2 Å². The van der Waals surface area contributed by atoms with Crippen LogP contribution in [0.3, 0.4) is 0 Å². The van der Waals surface area contributed by atoms with Crippen LogP contribution in [0.4, 0.5) is 0 Å². The zero-order valence-corrected chi connectivity index (χ0v) is 10.4. The van der Waals surface area contributed by atoms with Gasteiger partial charge in [0.25, 0.3) is 5.91 Å². The van der Waals surface area contributed by atoms with Crippen LogP contribution in [0, 0.1) is 0 Å². The molecule has 84 valence electrons. The standard InChI is InChI=1S/C10H17N3OS/c1-10(2,13(3)4)6-11-9(14)8-5-15-7-12-8/h5,7H,6H2,1-4H3,(H,11,14). The Labute approximate surface area is 94.3 Å². The molecule has 1 N–H and O–H groups in total. The predicted octanol–water partition coefficient (Wildman–Crippen LogP) is 1.21. The van der Waals surface area contributed by atoms with Gasteiger partial charge in [-0.05, 0) is 27.9 Å². The highest BCUT2D eigenvalue weighted by molar-refractivity contribution is 7.07. The minimum Gasteiger partial charge on any atom is -0.349 e. The second kappa shape index (κ2) is 4.72. The molecule has 0 aliphatic carbocycles. The largest absolute Gasteiger partial charge is 0.349 e. The molecule has 0 saturated heterocycles. The van der Waals surface area contributed by atoms with Gasteiger partial charge >= 0.3 is 0 Å². The van der Waals surface area contributed by atoms with E-state index >= 15 is 0 Å². The second-order valence-corrected chi connectivity index (χ2v) is 4.98. The molecule has 1 amide bonds. The van der Waals surface area contributed by atoms with Crippen molar-refractivity contribution >= 4 is 17.2 Å². The van der Waals surface area contributed by atoms with Crippen LogP contribution in [0.1, 0.15) is 24.3 Å². The number of rotatable bonds is 4. The number of nitrogens with zero attached hydrogens (tertiary/aromatic N) is 2. The zero-order valence-electron chi connectivity index (χ0n) is 9.57. The number of aromatic nitrogens is 1. The molecule has 0 fully saturated rings. The third kappa shape index (κ3) is 3.28. The molecule has 0 radical (unpaired) electrons. The van der Waals surface area contributed by atoms with E-state index in [1.54, 1.807) is 10.9 Å². The average molecular weight is 227 g/mol. The smallest absolute Gasteiger partial charge is 0.270 e. The van der Waals surface area contributed by atoms with Crippen LogP contribution in [0.25, 0.3) is 0 Å². The van der Waals surface area contributed by atoms with Crippen molar-refractivity contribution in [3.8, 4) is 0 Å². The summed E-state index contributed by atoms with van der Waals surface area (Å²) in [5.41, 5.74) is 2.10. The molecule has 0 aliphatic rings. The first-order valence-electron chi connectivity index (χ1n) is 4.77. The maximum absolute atomic E-state index is 11.6. The quantitative estimate of drug-likeness (QED) is 0.841. The van der Waals surface area contributed by atoms with Crippen LogP contribution >= 0.6 is 11.3 Å². The van der Waals surface area contributed by atoms with E-state index in [1.807, 2.05) is 14.1 Å². The highest BCUT2D eigenvalue weighted by Crippen LogP contribution is 2.08. The molecule has 0 aromatic carbocycles. The molecule has 1 aromatic rings. The van der Waals surface area contributed by atoms with E-state index in [4.69, 9.17) is 0 Å². The van der Waals surface area contributed by atoms with Gasteiger partial charge in [0, 0.05) is 17.5 Å². The summed E-state index contributed by atoms with van der Waals surface area (Å²) in [6.45, 7) is 4.76. The van der Waals surface area contributed by atoms with Crippen molar-refractivity contribution in [2.75, 3.05) is 20.6 Å². The van der Waals surface area contributed by atoms with Gasteiger partial charge in [0.1, 0.15) is 5.69 Å². The minimum absolute atomic E-state index is 0.0499. The van der Waals surface area contributed by atoms with Crippen LogP contribution in [0.5, 0.6) is 0 Å². The van der Waals surface area contributed by atoms with Crippen molar-refractivity contribution in [2.45, 2.75) is 19.4 Å². The Hall–Kier alpha value is -0.940. The molecule has 1 heterocycles. The number of nitrogens with one attached hydrogen (secondary N) is 1. The van der Waals surface area contributed by atoms with E-state index < -0.39 is 0 Å². The molecule has 4 nitrogen and oxygen atoms in total. The first kappa shape index (κ1) is 12.1. The van der Waals surface area contributed by atoms with Crippen molar-refractivity contribution in [3.63, 3.8) is 0 Å². The highest BCUT2D eigenvalue weighted by atomic mass is 32.1. The van der Waals surface area contributed by atoms with Gasteiger partial charge in [-0.2, -0.15) is 0 Å². The maximum Gasteiger partial charge on any atom is 0.270 e. The summed E-state index contributed by atoms with van der Waals surface area (Å²) in [6.07, 6.45) is 0. The van der Waals surface area contributed by atoms with E-state index in [2.05, 4.69) is 29.0 Å². The van der Waals surface area contributed by atoms with Gasteiger partial charge in [-0.1, -0.05) is 0 Å². The fraction of sp³-hybridized carbons (Fsp3) is 0.600. The molecule has 0 atom stereocenters. The molecule has 0 spiro atoms. The fourth-order valence-electron chi connectivity index (χ4n) is 0.870. The Balaban J connectivity index is 2.48. The van der Waals surface area contributed by atoms with Crippen molar-refractivity contribution in [2.24, 2.45) is 0 Å². The SMILES string of the molecule is CN(C)C(C)(C)CNC(=O)c1cscn1. The van der Waals surface area contributed by atoms with Gasteiger partial charge in [-0.15, -0.1) is 11.3 Å². The molecule has 1 aromatic heterocycles. The summed E-state index contributed by atoms with van der Waals surface area (Å²) >= 11 is 1.43. The summed E-state index contributed by atoms with van der Waals surface area (Å²) in [6, 6.07) is 0. The lowest BCUT2D eigenvalue weighted by Crippen LogP contribution is -2.48. The van der Waals surface area contributed by atoms with Gasteiger partial charge in [0.05, 0.1) is 5.51 Å². The third-order valence-corrected chi connectivity index (χ3v) is 3.14. The summed E-state index contributed by atoms with van der Waals surface area (Å²) < 4.78 is 0. The third-order valence-electron chi connectivity index (χ3n) is 2.56. The Bertz CT molecular complexity index is 319. The Morgan fingerprint density at radius 3 is 2.73 bits per heavy atom. The fourth-order valence-corrected chi connectivity index (χ4v) is 1.40. The van der Waals surface area contributed by atoms with E-state index in [9.17, 15) is 4.79 Å². The van der Waals surface area contributed by atoms with Crippen LogP contribution < -0.4 is 5.32 Å². The Morgan fingerprint density at radius 2 is 2.27 bits per heavy atom. The number of carbonyl (C=O) groups excluding carboxylic acids is 1. The first-order valence-corrected chi connectivity index (χ1v) is 5.71. The summed E-state index contributed by atoms with van der Waals surface area (Å²) in [7, 11) is 3.99. The lowest BCUT2D eigenvalue weighted by atomic mass is 10.0.